The van der Waals surface area contributed by atoms with E-state index in [1.807, 2.05) is 13.8 Å². The van der Waals surface area contributed by atoms with E-state index in [0.29, 0.717) is 35.9 Å². The largest absolute Gasteiger partial charge is 0.336 e. The summed E-state index contributed by atoms with van der Waals surface area (Å²) in [7, 11) is 0. The fourth-order valence-electron chi connectivity index (χ4n) is 2.90. The molecule has 8 nitrogen and oxygen atoms in total. The number of carbonyl (C=O) groups is 3. The number of benzene rings is 1. The second-order valence-corrected chi connectivity index (χ2v) is 7.96. The van der Waals surface area contributed by atoms with Crippen molar-refractivity contribution in [2.45, 2.75) is 39.8 Å². The molecule has 0 unspecified atom stereocenters. The van der Waals surface area contributed by atoms with E-state index >= 15 is 0 Å². The molecule has 3 rings (SSSR count). The second kappa shape index (κ2) is 8.39. The van der Waals surface area contributed by atoms with E-state index in [4.69, 9.17) is 0 Å². The summed E-state index contributed by atoms with van der Waals surface area (Å²) in [6.45, 7) is 6.25. The average molecular weight is 401 g/mol. The Hall–Kier alpha value is -2.94. The molecule has 9 heteroatoms. The van der Waals surface area contributed by atoms with Gasteiger partial charge in [0.25, 0.3) is 5.91 Å². The van der Waals surface area contributed by atoms with E-state index in [-0.39, 0.29) is 23.9 Å². The molecule has 0 spiro atoms. The highest BCUT2D eigenvalue weighted by atomic mass is 32.1. The second-order valence-electron chi connectivity index (χ2n) is 6.88. The van der Waals surface area contributed by atoms with Crippen molar-refractivity contribution < 1.29 is 14.4 Å². The summed E-state index contributed by atoms with van der Waals surface area (Å²) >= 11 is 1.39. The number of nitrogens with zero attached hydrogens (tertiary/aromatic N) is 2. The molecule has 2 heterocycles. The molecule has 1 aromatic carbocycles. The van der Waals surface area contributed by atoms with Gasteiger partial charge in [0.2, 0.25) is 5.91 Å². The van der Waals surface area contributed by atoms with Crippen LogP contribution in [0.5, 0.6) is 0 Å². The minimum Gasteiger partial charge on any atom is -0.336 e. The predicted octanol–water partition coefficient (Wildman–Crippen LogP) is 2.83. The van der Waals surface area contributed by atoms with Crippen molar-refractivity contribution in [3.8, 4) is 0 Å². The number of aromatic nitrogens is 1. The van der Waals surface area contributed by atoms with Crippen LogP contribution in [0.2, 0.25) is 0 Å². The summed E-state index contributed by atoms with van der Waals surface area (Å²) < 4.78 is 0. The van der Waals surface area contributed by atoms with Crippen LogP contribution in [0.25, 0.3) is 0 Å². The van der Waals surface area contributed by atoms with Crippen LogP contribution in [-0.4, -0.2) is 40.3 Å². The summed E-state index contributed by atoms with van der Waals surface area (Å²) in [6, 6.07) is 6.60. The van der Waals surface area contributed by atoms with Crippen LogP contribution < -0.4 is 16.0 Å². The quantitative estimate of drug-likeness (QED) is 0.733. The van der Waals surface area contributed by atoms with Gasteiger partial charge in [-0.05, 0) is 38.1 Å². The Labute approximate surface area is 167 Å². The van der Waals surface area contributed by atoms with Gasteiger partial charge in [-0.3, -0.25) is 14.9 Å². The molecule has 0 radical (unpaired) electrons. The van der Waals surface area contributed by atoms with Crippen LogP contribution in [0.15, 0.2) is 24.3 Å². The SMILES string of the molecule is CC(=O)Nc1ccc(C(=O)N2CCc3nc(NC(=O)NC(C)C)sc3C2)cc1. The Morgan fingerprint density at radius 1 is 1.14 bits per heavy atom. The highest BCUT2D eigenvalue weighted by Gasteiger charge is 2.25. The number of thiazole rings is 1. The van der Waals surface area contributed by atoms with Crippen molar-refractivity contribution in [3.63, 3.8) is 0 Å². The lowest BCUT2D eigenvalue weighted by Gasteiger charge is -2.26. The first-order valence-electron chi connectivity index (χ1n) is 9.05. The van der Waals surface area contributed by atoms with Gasteiger partial charge in [0.15, 0.2) is 5.13 Å². The highest BCUT2D eigenvalue weighted by molar-refractivity contribution is 7.15. The first-order chi connectivity index (χ1) is 13.3. The average Bonchev–Trinajstić information content (AvgIpc) is 3.01. The molecule has 0 aliphatic carbocycles. The lowest BCUT2D eigenvalue weighted by Crippen LogP contribution is -2.35. The first kappa shape index (κ1) is 19.8. The van der Waals surface area contributed by atoms with E-state index in [1.54, 1.807) is 29.2 Å². The molecular formula is C19H23N5O3S. The molecule has 0 fully saturated rings. The normalized spacial score (nSPS) is 13.1. The molecule has 3 N–H and O–H groups in total. The monoisotopic (exact) mass is 401 g/mol. The van der Waals surface area contributed by atoms with Crippen molar-refractivity contribution in [2.24, 2.45) is 0 Å². The van der Waals surface area contributed by atoms with Crippen molar-refractivity contribution in [3.05, 3.63) is 40.4 Å². The van der Waals surface area contributed by atoms with Gasteiger partial charge in [-0.1, -0.05) is 11.3 Å². The third-order valence-corrected chi connectivity index (χ3v) is 5.11. The van der Waals surface area contributed by atoms with Gasteiger partial charge in [0, 0.05) is 42.1 Å². The van der Waals surface area contributed by atoms with Crippen molar-refractivity contribution in [1.82, 2.24) is 15.2 Å². The summed E-state index contributed by atoms with van der Waals surface area (Å²) in [5.74, 6) is -0.222. The number of hydrogen-bond acceptors (Lipinski definition) is 5. The topological polar surface area (TPSA) is 103 Å². The van der Waals surface area contributed by atoms with Crippen LogP contribution in [0, 0.1) is 0 Å². The maximum atomic E-state index is 12.8. The van der Waals surface area contributed by atoms with E-state index < -0.39 is 0 Å². The third-order valence-electron chi connectivity index (χ3n) is 4.11. The van der Waals surface area contributed by atoms with Gasteiger partial charge in [-0.2, -0.15) is 0 Å². The van der Waals surface area contributed by atoms with E-state index in [9.17, 15) is 14.4 Å². The van der Waals surface area contributed by atoms with Crippen molar-refractivity contribution in [2.75, 3.05) is 17.2 Å². The van der Waals surface area contributed by atoms with E-state index in [1.165, 1.54) is 18.3 Å². The molecule has 0 saturated heterocycles. The number of carbonyl (C=O) groups excluding carboxylic acids is 3. The molecule has 1 aliphatic rings. The maximum absolute atomic E-state index is 12.8. The van der Waals surface area contributed by atoms with Gasteiger partial charge in [0.05, 0.1) is 12.2 Å². The summed E-state index contributed by atoms with van der Waals surface area (Å²) in [6.07, 6.45) is 0.648. The number of rotatable bonds is 4. The number of hydrogen-bond donors (Lipinski definition) is 3. The zero-order valence-corrected chi connectivity index (χ0v) is 16.9. The Kier molecular flexibility index (Phi) is 5.93. The van der Waals surface area contributed by atoms with Crippen LogP contribution in [0.3, 0.4) is 0 Å². The fraction of sp³-hybridized carbons (Fsp3) is 0.368. The van der Waals surface area contributed by atoms with Crippen LogP contribution in [0.1, 0.15) is 41.7 Å². The predicted molar refractivity (Wildman–Crippen MR) is 109 cm³/mol. The molecule has 0 bridgehead atoms. The van der Waals surface area contributed by atoms with Gasteiger partial charge in [0.1, 0.15) is 0 Å². The van der Waals surface area contributed by atoms with Gasteiger partial charge in [-0.15, -0.1) is 0 Å². The third kappa shape index (κ3) is 4.86. The molecule has 148 valence electrons. The number of nitrogens with one attached hydrogen (secondary N) is 3. The van der Waals surface area contributed by atoms with Gasteiger partial charge >= 0.3 is 6.03 Å². The molecule has 2 aromatic rings. The van der Waals surface area contributed by atoms with Crippen molar-refractivity contribution >= 4 is 40.0 Å². The van der Waals surface area contributed by atoms with Crippen LogP contribution in [0.4, 0.5) is 15.6 Å². The molecule has 1 aromatic heterocycles. The Balaban J connectivity index is 1.65. The van der Waals surface area contributed by atoms with Gasteiger partial charge in [-0.25, -0.2) is 9.78 Å². The fourth-order valence-corrected chi connectivity index (χ4v) is 3.92. The first-order valence-corrected chi connectivity index (χ1v) is 9.86. The standard InChI is InChI=1S/C19H23N5O3S/c1-11(2)20-18(27)23-19-22-15-8-9-24(10-16(15)28-19)17(26)13-4-6-14(7-5-13)21-12(3)25/h4-7,11H,8-10H2,1-3H3,(H,21,25)(H2,20,22,23,27). The van der Waals surface area contributed by atoms with Gasteiger partial charge < -0.3 is 15.5 Å². The summed E-state index contributed by atoms with van der Waals surface area (Å²) in [5, 5.41) is 8.73. The Bertz CT molecular complexity index is 891. The van der Waals surface area contributed by atoms with E-state index in [0.717, 1.165) is 10.6 Å². The summed E-state index contributed by atoms with van der Waals surface area (Å²) in [5.41, 5.74) is 2.15. The number of anilines is 2. The summed E-state index contributed by atoms with van der Waals surface area (Å²) in [4.78, 5) is 43.0. The number of amides is 4. The zero-order chi connectivity index (χ0) is 20.3. The molecular weight excluding hydrogens is 378 g/mol. The Morgan fingerprint density at radius 3 is 2.50 bits per heavy atom. The zero-order valence-electron chi connectivity index (χ0n) is 16.0. The lowest BCUT2D eigenvalue weighted by atomic mass is 10.1. The molecule has 0 saturated carbocycles. The number of fused-ring (bicyclic) bond motifs is 1. The Morgan fingerprint density at radius 2 is 1.86 bits per heavy atom. The maximum Gasteiger partial charge on any atom is 0.321 e. The molecule has 4 amide bonds. The highest BCUT2D eigenvalue weighted by Crippen LogP contribution is 2.29. The minimum absolute atomic E-state index is 0.0414. The minimum atomic E-state index is -0.284. The molecule has 28 heavy (non-hydrogen) atoms. The molecule has 0 atom stereocenters. The van der Waals surface area contributed by atoms with Crippen LogP contribution in [-0.2, 0) is 17.8 Å². The smallest absolute Gasteiger partial charge is 0.321 e. The molecule has 1 aliphatic heterocycles. The number of urea groups is 1. The lowest BCUT2D eigenvalue weighted by molar-refractivity contribution is -0.114. The van der Waals surface area contributed by atoms with E-state index in [2.05, 4.69) is 20.9 Å². The van der Waals surface area contributed by atoms with Crippen LogP contribution >= 0.6 is 11.3 Å². The van der Waals surface area contributed by atoms with Crippen molar-refractivity contribution in [1.29, 1.82) is 0 Å².